The molecular formula is C22H28N2O3. The minimum absolute atomic E-state index is 0.0158. The maximum absolute atomic E-state index is 11.9. The van der Waals surface area contributed by atoms with E-state index >= 15 is 0 Å². The molecular weight excluding hydrogens is 340 g/mol. The van der Waals surface area contributed by atoms with Gasteiger partial charge in [-0.3, -0.25) is 9.59 Å². The van der Waals surface area contributed by atoms with Gasteiger partial charge in [0.05, 0.1) is 0 Å². The van der Waals surface area contributed by atoms with Gasteiger partial charge in [0.25, 0.3) is 5.91 Å². The molecule has 0 fully saturated rings. The first-order chi connectivity index (χ1) is 13.1. The zero-order valence-electron chi connectivity index (χ0n) is 16.1. The van der Waals surface area contributed by atoms with Gasteiger partial charge in [-0.25, -0.2) is 0 Å². The summed E-state index contributed by atoms with van der Waals surface area (Å²) in [6.07, 6.45) is 2.00. The van der Waals surface area contributed by atoms with E-state index in [9.17, 15) is 9.59 Å². The molecule has 2 N–H and O–H groups in total. The SMILES string of the molecule is CCc1ccccc1OCC(=O)NCCNC(=O)CCc1ccc(C)cc1. The van der Waals surface area contributed by atoms with Crippen molar-refractivity contribution in [3.63, 3.8) is 0 Å². The molecule has 5 heteroatoms. The molecule has 0 spiro atoms. The highest BCUT2D eigenvalue weighted by atomic mass is 16.5. The second kappa shape index (κ2) is 11.0. The first-order valence-electron chi connectivity index (χ1n) is 9.38. The van der Waals surface area contributed by atoms with Crippen LogP contribution in [0.1, 0.15) is 30.0 Å². The summed E-state index contributed by atoms with van der Waals surface area (Å²) in [4.78, 5) is 23.7. The van der Waals surface area contributed by atoms with E-state index in [-0.39, 0.29) is 18.4 Å². The van der Waals surface area contributed by atoms with Crippen molar-refractivity contribution in [3.05, 3.63) is 65.2 Å². The molecule has 0 bridgehead atoms. The Morgan fingerprint density at radius 2 is 1.59 bits per heavy atom. The molecule has 0 saturated carbocycles. The number of benzene rings is 2. The molecule has 0 aliphatic carbocycles. The second-order valence-corrected chi connectivity index (χ2v) is 6.44. The van der Waals surface area contributed by atoms with Gasteiger partial charge in [0.1, 0.15) is 5.75 Å². The third-order valence-electron chi connectivity index (χ3n) is 4.24. The highest BCUT2D eigenvalue weighted by Gasteiger charge is 2.06. The molecule has 0 heterocycles. The van der Waals surface area contributed by atoms with Gasteiger partial charge < -0.3 is 15.4 Å². The van der Waals surface area contributed by atoms with Crippen LogP contribution < -0.4 is 15.4 Å². The zero-order valence-corrected chi connectivity index (χ0v) is 16.1. The summed E-state index contributed by atoms with van der Waals surface area (Å²) in [5.41, 5.74) is 3.43. The molecule has 27 heavy (non-hydrogen) atoms. The van der Waals surface area contributed by atoms with E-state index in [4.69, 9.17) is 4.74 Å². The molecule has 0 aromatic heterocycles. The number of rotatable bonds is 10. The maximum atomic E-state index is 11.9. The molecule has 0 aliphatic heterocycles. The number of ether oxygens (including phenoxy) is 1. The number of hydrogen-bond acceptors (Lipinski definition) is 3. The Bertz CT molecular complexity index is 741. The number of nitrogens with one attached hydrogen (secondary N) is 2. The first-order valence-corrected chi connectivity index (χ1v) is 9.38. The van der Waals surface area contributed by atoms with Gasteiger partial charge in [-0.2, -0.15) is 0 Å². The summed E-state index contributed by atoms with van der Waals surface area (Å²) >= 11 is 0. The van der Waals surface area contributed by atoms with Crippen LogP contribution in [0.25, 0.3) is 0 Å². The number of carbonyl (C=O) groups is 2. The van der Waals surface area contributed by atoms with Crippen molar-refractivity contribution >= 4 is 11.8 Å². The number of aryl methyl sites for hydroxylation is 3. The van der Waals surface area contributed by atoms with Crippen molar-refractivity contribution in [2.24, 2.45) is 0 Å². The van der Waals surface area contributed by atoms with Crippen LogP contribution >= 0.6 is 0 Å². The van der Waals surface area contributed by atoms with Crippen LogP contribution in [-0.2, 0) is 22.4 Å². The minimum atomic E-state index is -0.199. The summed E-state index contributed by atoms with van der Waals surface area (Å²) in [6, 6.07) is 15.9. The predicted octanol–water partition coefficient (Wildman–Crippen LogP) is 2.80. The summed E-state index contributed by atoms with van der Waals surface area (Å²) < 4.78 is 5.56. The Morgan fingerprint density at radius 1 is 0.926 bits per heavy atom. The van der Waals surface area contributed by atoms with Crippen molar-refractivity contribution in [2.75, 3.05) is 19.7 Å². The maximum Gasteiger partial charge on any atom is 0.258 e. The lowest BCUT2D eigenvalue weighted by Gasteiger charge is -2.11. The third kappa shape index (κ3) is 7.52. The average molecular weight is 368 g/mol. The van der Waals surface area contributed by atoms with E-state index in [1.807, 2.05) is 62.4 Å². The molecule has 0 unspecified atom stereocenters. The van der Waals surface area contributed by atoms with Crippen LogP contribution in [0, 0.1) is 6.92 Å². The van der Waals surface area contributed by atoms with Crippen molar-refractivity contribution in [3.8, 4) is 5.75 Å². The topological polar surface area (TPSA) is 67.4 Å². The van der Waals surface area contributed by atoms with Gasteiger partial charge in [0.2, 0.25) is 5.91 Å². The summed E-state index contributed by atoms with van der Waals surface area (Å²) in [6.45, 7) is 4.85. The summed E-state index contributed by atoms with van der Waals surface area (Å²) in [5.74, 6) is 0.521. The van der Waals surface area contributed by atoms with Crippen molar-refractivity contribution < 1.29 is 14.3 Å². The van der Waals surface area contributed by atoms with Gasteiger partial charge in [0.15, 0.2) is 6.61 Å². The van der Waals surface area contributed by atoms with E-state index in [0.29, 0.717) is 25.9 Å². The number of amides is 2. The molecule has 144 valence electrons. The monoisotopic (exact) mass is 368 g/mol. The largest absolute Gasteiger partial charge is 0.483 e. The normalized spacial score (nSPS) is 10.3. The summed E-state index contributed by atoms with van der Waals surface area (Å²) in [5, 5.41) is 5.56. The fraction of sp³-hybridized carbons (Fsp3) is 0.364. The molecule has 0 radical (unpaired) electrons. The lowest BCUT2D eigenvalue weighted by atomic mass is 10.1. The van der Waals surface area contributed by atoms with Crippen molar-refractivity contribution in [1.82, 2.24) is 10.6 Å². The smallest absolute Gasteiger partial charge is 0.258 e. The standard InChI is InChI=1S/C22H28N2O3/c1-3-19-6-4-5-7-20(19)27-16-22(26)24-15-14-23-21(25)13-12-18-10-8-17(2)9-11-18/h4-11H,3,12-16H2,1-2H3,(H,23,25)(H,24,26). The van der Waals surface area contributed by atoms with Crippen molar-refractivity contribution in [2.45, 2.75) is 33.1 Å². The highest BCUT2D eigenvalue weighted by Crippen LogP contribution is 2.17. The Labute approximate surface area is 161 Å². The van der Waals surface area contributed by atoms with E-state index in [1.54, 1.807) is 0 Å². The lowest BCUT2D eigenvalue weighted by Crippen LogP contribution is -2.36. The molecule has 2 aromatic carbocycles. The minimum Gasteiger partial charge on any atom is -0.483 e. The molecule has 0 aliphatic rings. The predicted molar refractivity (Wildman–Crippen MR) is 107 cm³/mol. The van der Waals surface area contributed by atoms with E-state index < -0.39 is 0 Å². The van der Waals surface area contributed by atoms with Gasteiger partial charge in [0, 0.05) is 19.5 Å². The van der Waals surface area contributed by atoms with E-state index in [0.717, 1.165) is 23.3 Å². The molecule has 0 saturated heterocycles. The van der Waals surface area contributed by atoms with Gasteiger partial charge in [-0.15, -0.1) is 0 Å². The number of hydrogen-bond donors (Lipinski definition) is 2. The van der Waals surface area contributed by atoms with Crippen molar-refractivity contribution in [1.29, 1.82) is 0 Å². The molecule has 2 aromatic rings. The zero-order chi connectivity index (χ0) is 19.5. The van der Waals surface area contributed by atoms with E-state index in [1.165, 1.54) is 5.56 Å². The second-order valence-electron chi connectivity index (χ2n) is 6.44. The fourth-order valence-corrected chi connectivity index (χ4v) is 2.64. The number of para-hydroxylation sites is 1. The Hall–Kier alpha value is -2.82. The van der Waals surface area contributed by atoms with Gasteiger partial charge in [-0.1, -0.05) is 55.0 Å². The number of carbonyl (C=O) groups excluding carboxylic acids is 2. The van der Waals surface area contributed by atoms with Crippen LogP contribution in [-0.4, -0.2) is 31.5 Å². The quantitative estimate of drug-likeness (QED) is 0.634. The first kappa shape index (κ1) is 20.5. The van der Waals surface area contributed by atoms with Crippen LogP contribution in [0.5, 0.6) is 5.75 Å². The third-order valence-corrected chi connectivity index (χ3v) is 4.24. The highest BCUT2D eigenvalue weighted by molar-refractivity contribution is 5.78. The van der Waals surface area contributed by atoms with Crippen LogP contribution in [0.15, 0.2) is 48.5 Å². The fourth-order valence-electron chi connectivity index (χ4n) is 2.64. The average Bonchev–Trinajstić information content (AvgIpc) is 2.69. The van der Waals surface area contributed by atoms with Gasteiger partial charge >= 0.3 is 0 Å². The molecule has 5 nitrogen and oxygen atoms in total. The van der Waals surface area contributed by atoms with Gasteiger partial charge in [-0.05, 0) is 37.0 Å². The Kier molecular flexibility index (Phi) is 8.36. The van der Waals surface area contributed by atoms with Crippen LogP contribution in [0.3, 0.4) is 0 Å². The Morgan fingerprint density at radius 3 is 2.30 bits per heavy atom. The lowest BCUT2D eigenvalue weighted by molar-refractivity contribution is -0.124. The van der Waals surface area contributed by atoms with Crippen LogP contribution in [0.2, 0.25) is 0 Å². The summed E-state index contributed by atoms with van der Waals surface area (Å²) in [7, 11) is 0. The van der Waals surface area contributed by atoms with E-state index in [2.05, 4.69) is 10.6 Å². The molecule has 2 rings (SSSR count). The molecule has 0 atom stereocenters. The molecule has 2 amide bonds. The van der Waals surface area contributed by atoms with Crippen LogP contribution in [0.4, 0.5) is 0 Å². The Balaban J connectivity index is 1.58.